The zero-order chi connectivity index (χ0) is 13.3. The number of aliphatic hydroxyl groups excluding tert-OH is 1. The second-order valence-corrected chi connectivity index (χ2v) is 5.23. The van der Waals surface area contributed by atoms with E-state index in [9.17, 15) is 9.90 Å². The van der Waals surface area contributed by atoms with Crippen LogP contribution in [-0.2, 0) is 6.42 Å². The normalized spacial score (nSPS) is 16.7. The van der Waals surface area contributed by atoms with Gasteiger partial charge in [-0.05, 0) is 26.2 Å². The molecule has 0 aromatic carbocycles. The highest BCUT2D eigenvalue weighted by Gasteiger charge is 2.44. The number of aromatic nitrogens is 1. The topological polar surface area (TPSA) is 66.6 Å². The van der Waals surface area contributed by atoms with Gasteiger partial charge in [-0.25, -0.2) is 0 Å². The first-order valence-corrected chi connectivity index (χ1v) is 6.34. The quantitative estimate of drug-likeness (QED) is 0.860. The van der Waals surface area contributed by atoms with E-state index in [0.717, 1.165) is 12.8 Å². The van der Waals surface area contributed by atoms with Gasteiger partial charge >= 0.3 is 0 Å². The van der Waals surface area contributed by atoms with Crippen molar-refractivity contribution in [2.75, 3.05) is 20.2 Å². The molecule has 5 nitrogen and oxygen atoms in total. The van der Waals surface area contributed by atoms with Gasteiger partial charge < -0.3 is 14.5 Å². The fraction of sp³-hybridized carbons (Fsp3) is 0.692. The van der Waals surface area contributed by atoms with Gasteiger partial charge in [-0.15, -0.1) is 0 Å². The van der Waals surface area contributed by atoms with Crippen LogP contribution in [0.2, 0.25) is 0 Å². The van der Waals surface area contributed by atoms with Crippen LogP contribution in [0.3, 0.4) is 0 Å². The molecule has 100 valence electrons. The second-order valence-electron chi connectivity index (χ2n) is 5.23. The van der Waals surface area contributed by atoms with Crippen molar-refractivity contribution in [2.45, 2.75) is 33.1 Å². The van der Waals surface area contributed by atoms with Crippen LogP contribution in [0.5, 0.6) is 0 Å². The Labute approximate surface area is 107 Å². The largest absolute Gasteiger partial charge is 0.396 e. The first-order chi connectivity index (χ1) is 8.53. The lowest BCUT2D eigenvalue weighted by molar-refractivity contribution is 0.0731. The Morgan fingerprint density at radius 3 is 2.72 bits per heavy atom. The van der Waals surface area contributed by atoms with Crippen LogP contribution in [-0.4, -0.2) is 41.3 Å². The number of rotatable bonds is 5. The molecular weight excluding hydrogens is 232 g/mol. The van der Waals surface area contributed by atoms with Crippen LogP contribution in [0.25, 0.3) is 0 Å². The lowest BCUT2D eigenvalue weighted by Crippen LogP contribution is -2.34. The van der Waals surface area contributed by atoms with E-state index in [-0.39, 0.29) is 17.9 Å². The van der Waals surface area contributed by atoms with Crippen molar-refractivity contribution in [1.29, 1.82) is 0 Å². The molecule has 0 spiro atoms. The summed E-state index contributed by atoms with van der Waals surface area (Å²) in [5.74, 6) is 0.503. The van der Waals surface area contributed by atoms with E-state index in [0.29, 0.717) is 30.0 Å². The standard InChI is InChI=1S/C13H20N2O3/c1-4-10-11(9(2)18-14-10)12(17)15(3)7-13(8-16)5-6-13/h16H,4-8H2,1-3H3. The fourth-order valence-corrected chi connectivity index (χ4v) is 2.24. The molecule has 1 heterocycles. The summed E-state index contributed by atoms with van der Waals surface area (Å²) in [7, 11) is 1.77. The van der Waals surface area contributed by atoms with Gasteiger partial charge in [-0.1, -0.05) is 12.1 Å². The zero-order valence-electron chi connectivity index (χ0n) is 11.2. The van der Waals surface area contributed by atoms with Crippen LogP contribution in [0.1, 0.15) is 41.6 Å². The van der Waals surface area contributed by atoms with E-state index in [1.165, 1.54) is 0 Å². The molecular formula is C13H20N2O3. The molecule has 18 heavy (non-hydrogen) atoms. The third-order valence-corrected chi connectivity index (χ3v) is 3.69. The van der Waals surface area contributed by atoms with Crippen molar-refractivity contribution in [3.05, 3.63) is 17.0 Å². The Balaban J connectivity index is 2.13. The fourth-order valence-electron chi connectivity index (χ4n) is 2.24. The maximum atomic E-state index is 12.4. The van der Waals surface area contributed by atoms with Gasteiger partial charge in [0.2, 0.25) is 0 Å². The van der Waals surface area contributed by atoms with Crippen molar-refractivity contribution < 1.29 is 14.4 Å². The number of carbonyl (C=O) groups is 1. The van der Waals surface area contributed by atoms with E-state index in [2.05, 4.69) is 5.16 Å². The number of nitrogens with zero attached hydrogens (tertiary/aromatic N) is 2. The molecule has 1 aliphatic rings. The van der Waals surface area contributed by atoms with Crippen molar-refractivity contribution in [1.82, 2.24) is 10.1 Å². The molecule has 0 bridgehead atoms. The Kier molecular flexibility index (Phi) is 3.43. The summed E-state index contributed by atoms with van der Waals surface area (Å²) in [6, 6.07) is 0. The molecule has 0 saturated heterocycles. The van der Waals surface area contributed by atoms with E-state index >= 15 is 0 Å². The van der Waals surface area contributed by atoms with Gasteiger partial charge in [0, 0.05) is 19.0 Å². The number of amides is 1. The van der Waals surface area contributed by atoms with E-state index in [1.54, 1.807) is 18.9 Å². The highest BCUT2D eigenvalue weighted by molar-refractivity contribution is 5.96. The maximum absolute atomic E-state index is 12.4. The van der Waals surface area contributed by atoms with Crippen LogP contribution < -0.4 is 0 Å². The summed E-state index contributed by atoms with van der Waals surface area (Å²) in [4.78, 5) is 14.0. The number of hydrogen-bond acceptors (Lipinski definition) is 4. The van der Waals surface area contributed by atoms with E-state index in [1.807, 2.05) is 6.92 Å². The molecule has 1 aromatic rings. The van der Waals surface area contributed by atoms with Crippen LogP contribution in [0.15, 0.2) is 4.52 Å². The summed E-state index contributed by atoms with van der Waals surface area (Å²) in [5, 5.41) is 13.2. The van der Waals surface area contributed by atoms with Gasteiger partial charge in [0.1, 0.15) is 11.3 Å². The minimum atomic E-state index is -0.0676. The van der Waals surface area contributed by atoms with Crippen LogP contribution in [0, 0.1) is 12.3 Å². The van der Waals surface area contributed by atoms with Crippen molar-refractivity contribution >= 4 is 5.91 Å². The summed E-state index contributed by atoms with van der Waals surface area (Å²) in [5.41, 5.74) is 1.22. The van der Waals surface area contributed by atoms with E-state index < -0.39 is 0 Å². The molecule has 0 radical (unpaired) electrons. The Morgan fingerprint density at radius 2 is 2.22 bits per heavy atom. The maximum Gasteiger partial charge on any atom is 0.259 e. The molecule has 2 rings (SSSR count). The van der Waals surface area contributed by atoms with Gasteiger partial charge in [0.05, 0.1) is 12.3 Å². The molecule has 0 unspecified atom stereocenters. The number of carbonyl (C=O) groups excluding carboxylic acids is 1. The van der Waals surface area contributed by atoms with Gasteiger partial charge in [-0.3, -0.25) is 4.79 Å². The van der Waals surface area contributed by atoms with Gasteiger partial charge in [-0.2, -0.15) is 0 Å². The molecule has 5 heteroatoms. The second kappa shape index (κ2) is 4.72. The van der Waals surface area contributed by atoms with Gasteiger partial charge in [0.15, 0.2) is 0 Å². The molecule has 1 saturated carbocycles. The summed E-state index contributed by atoms with van der Waals surface area (Å²) < 4.78 is 5.08. The summed E-state index contributed by atoms with van der Waals surface area (Å²) in [6.07, 6.45) is 2.66. The zero-order valence-corrected chi connectivity index (χ0v) is 11.2. The SMILES string of the molecule is CCc1noc(C)c1C(=O)N(C)CC1(CO)CC1. The number of aliphatic hydroxyl groups is 1. The minimum absolute atomic E-state index is 0.0645. The van der Waals surface area contributed by atoms with Crippen LogP contribution in [0.4, 0.5) is 0 Å². The Bertz CT molecular complexity index is 449. The first kappa shape index (κ1) is 13.1. The highest BCUT2D eigenvalue weighted by Crippen LogP contribution is 2.45. The predicted molar refractivity (Wildman–Crippen MR) is 66.3 cm³/mol. The minimum Gasteiger partial charge on any atom is -0.396 e. The molecule has 1 amide bonds. The Hall–Kier alpha value is -1.36. The third kappa shape index (κ3) is 2.27. The Morgan fingerprint density at radius 1 is 1.56 bits per heavy atom. The molecule has 1 fully saturated rings. The molecule has 0 aliphatic heterocycles. The molecule has 0 atom stereocenters. The molecule has 1 aliphatic carbocycles. The third-order valence-electron chi connectivity index (χ3n) is 3.69. The van der Waals surface area contributed by atoms with E-state index in [4.69, 9.17) is 4.52 Å². The van der Waals surface area contributed by atoms with Crippen molar-refractivity contribution in [3.8, 4) is 0 Å². The lowest BCUT2D eigenvalue weighted by atomic mass is 10.1. The van der Waals surface area contributed by atoms with Crippen molar-refractivity contribution in [2.24, 2.45) is 5.41 Å². The predicted octanol–water partition coefficient (Wildman–Crippen LogP) is 1.39. The summed E-state index contributed by atoms with van der Waals surface area (Å²) in [6.45, 7) is 4.44. The monoisotopic (exact) mass is 252 g/mol. The van der Waals surface area contributed by atoms with Gasteiger partial charge in [0.25, 0.3) is 5.91 Å². The highest BCUT2D eigenvalue weighted by atomic mass is 16.5. The average molecular weight is 252 g/mol. The lowest BCUT2D eigenvalue weighted by Gasteiger charge is -2.22. The number of aryl methyl sites for hydroxylation is 2. The summed E-state index contributed by atoms with van der Waals surface area (Å²) >= 11 is 0. The molecule has 1 N–H and O–H groups in total. The van der Waals surface area contributed by atoms with Crippen LogP contribution >= 0.6 is 0 Å². The first-order valence-electron chi connectivity index (χ1n) is 6.34. The molecule has 1 aromatic heterocycles. The smallest absolute Gasteiger partial charge is 0.259 e. The number of hydrogen-bond donors (Lipinski definition) is 1. The van der Waals surface area contributed by atoms with Crippen molar-refractivity contribution in [3.63, 3.8) is 0 Å². The average Bonchev–Trinajstić information content (AvgIpc) is 3.04.